The maximum Gasteiger partial charge on any atom is 0.251 e. The fourth-order valence-electron chi connectivity index (χ4n) is 3.81. The summed E-state index contributed by atoms with van der Waals surface area (Å²) in [6, 6.07) is 18.3. The summed E-state index contributed by atoms with van der Waals surface area (Å²) in [5, 5.41) is 5.20. The molecule has 0 spiro atoms. The normalized spacial score (nSPS) is 15.2. The summed E-state index contributed by atoms with van der Waals surface area (Å²) < 4.78 is 27.5. The van der Waals surface area contributed by atoms with E-state index in [0.717, 1.165) is 35.6 Å². The van der Waals surface area contributed by atoms with Crippen molar-refractivity contribution in [2.45, 2.75) is 30.7 Å². The van der Waals surface area contributed by atoms with Crippen LogP contribution in [0.1, 0.15) is 35.2 Å². The van der Waals surface area contributed by atoms with Crippen LogP contribution in [0.3, 0.4) is 0 Å². The minimum Gasteiger partial charge on any atom is -0.348 e. The van der Waals surface area contributed by atoms with Crippen LogP contribution in [-0.2, 0) is 16.6 Å². The van der Waals surface area contributed by atoms with Crippen molar-refractivity contribution >= 4 is 38.3 Å². The highest BCUT2D eigenvalue weighted by Gasteiger charge is 2.28. The van der Waals surface area contributed by atoms with Gasteiger partial charge >= 0.3 is 0 Å². The van der Waals surface area contributed by atoms with Crippen molar-refractivity contribution in [3.63, 3.8) is 0 Å². The standard InChI is InChI=1S/C23H23ClN2O3S/c24-21-12-11-18(15-22(21)30(28,29)26-13-4-1-5-14-26)23(27)25-16-19-9-6-8-17-7-2-3-10-20(17)19/h2-3,6-12,15H,1,4-5,13-14,16H2,(H,25,27). The molecule has 1 amide bonds. The summed E-state index contributed by atoms with van der Waals surface area (Å²) in [6.07, 6.45) is 2.69. The van der Waals surface area contributed by atoms with Crippen LogP contribution in [0.25, 0.3) is 10.8 Å². The molecule has 3 aromatic carbocycles. The van der Waals surface area contributed by atoms with E-state index in [0.29, 0.717) is 19.6 Å². The van der Waals surface area contributed by atoms with Gasteiger partial charge in [-0.1, -0.05) is 60.5 Å². The molecule has 156 valence electrons. The number of halogens is 1. The van der Waals surface area contributed by atoms with Gasteiger partial charge in [0, 0.05) is 25.2 Å². The Hall–Kier alpha value is -2.41. The summed E-state index contributed by atoms with van der Waals surface area (Å²) in [5.41, 5.74) is 1.27. The number of carbonyl (C=O) groups is 1. The van der Waals surface area contributed by atoms with Gasteiger partial charge in [-0.25, -0.2) is 8.42 Å². The third-order valence-electron chi connectivity index (χ3n) is 5.45. The second-order valence-corrected chi connectivity index (χ2v) is 9.74. The molecule has 0 unspecified atom stereocenters. The highest BCUT2D eigenvalue weighted by Crippen LogP contribution is 2.28. The first-order valence-electron chi connectivity index (χ1n) is 10.0. The second kappa shape index (κ2) is 8.76. The molecule has 5 nitrogen and oxygen atoms in total. The van der Waals surface area contributed by atoms with Crippen molar-refractivity contribution in [3.05, 3.63) is 76.8 Å². The number of fused-ring (bicyclic) bond motifs is 1. The van der Waals surface area contributed by atoms with Crippen LogP contribution in [0.4, 0.5) is 0 Å². The summed E-state index contributed by atoms with van der Waals surface area (Å²) in [6.45, 7) is 1.31. The molecule has 1 aliphatic heterocycles. The predicted octanol–water partition coefficient (Wildman–Crippen LogP) is 4.60. The largest absolute Gasteiger partial charge is 0.348 e. The van der Waals surface area contributed by atoms with Crippen molar-refractivity contribution in [2.75, 3.05) is 13.1 Å². The summed E-state index contributed by atoms with van der Waals surface area (Å²) in [4.78, 5) is 12.7. The van der Waals surface area contributed by atoms with Gasteiger partial charge in [-0.15, -0.1) is 0 Å². The molecule has 0 bridgehead atoms. The number of hydrogen-bond acceptors (Lipinski definition) is 3. The number of piperidine rings is 1. The van der Waals surface area contributed by atoms with E-state index in [1.165, 1.54) is 16.4 Å². The Kier molecular flexibility index (Phi) is 6.09. The van der Waals surface area contributed by atoms with E-state index in [4.69, 9.17) is 11.6 Å². The lowest BCUT2D eigenvalue weighted by molar-refractivity contribution is 0.0951. The topological polar surface area (TPSA) is 66.5 Å². The van der Waals surface area contributed by atoms with Crippen LogP contribution in [-0.4, -0.2) is 31.7 Å². The molecule has 0 radical (unpaired) electrons. The van der Waals surface area contributed by atoms with Gasteiger partial charge in [0.1, 0.15) is 4.90 Å². The minimum atomic E-state index is -3.72. The molecule has 1 heterocycles. The zero-order valence-corrected chi connectivity index (χ0v) is 18.0. The number of benzene rings is 3. The first kappa shape index (κ1) is 20.8. The fraction of sp³-hybridized carbons (Fsp3) is 0.261. The van der Waals surface area contributed by atoms with E-state index in [1.807, 2.05) is 42.5 Å². The lowest BCUT2D eigenvalue weighted by atomic mass is 10.0. The molecule has 3 aromatic rings. The van der Waals surface area contributed by atoms with E-state index < -0.39 is 10.0 Å². The van der Waals surface area contributed by atoms with Crippen LogP contribution >= 0.6 is 11.6 Å². The van der Waals surface area contributed by atoms with Gasteiger partial charge in [0.15, 0.2) is 0 Å². The Bertz CT molecular complexity index is 1180. The van der Waals surface area contributed by atoms with E-state index in [1.54, 1.807) is 6.07 Å². The Balaban J connectivity index is 1.55. The van der Waals surface area contributed by atoms with E-state index in [9.17, 15) is 13.2 Å². The van der Waals surface area contributed by atoms with Crippen LogP contribution < -0.4 is 5.32 Å². The van der Waals surface area contributed by atoms with Crippen molar-refractivity contribution in [1.82, 2.24) is 9.62 Å². The molecule has 0 aliphatic carbocycles. The Labute approximate surface area is 181 Å². The molecule has 0 atom stereocenters. The van der Waals surface area contributed by atoms with Crippen LogP contribution in [0.15, 0.2) is 65.6 Å². The number of carbonyl (C=O) groups excluding carboxylic acids is 1. The molecule has 0 aromatic heterocycles. The molecule has 1 saturated heterocycles. The van der Waals surface area contributed by atoms with Crippen molar-refractivity contribution < 1.29 is 13.2 Å². The molecule has 4 rings (SSSR count). The molecule has 30 heavy (non-hydrogen) atoms. The fourth-order valence-corrected chi connectivity index (χ4v) is 5.83. The van der Waals surface area contributed by atoms with Crippen molar-refractivity contribution in [2.24, 2.45) is 0 Å². The van der Waals surface area contributed by atoms with E-state index in [2.05, 4.69) is 5.32 Å². The summed E-state index contributed by atoms with van der Waals surface area (Å²) >= 11 is 6.21. The quantitative estimate of drug-likeness (QED) is 0.628. The first-order valence-corrected chi connectivity index (χ1v) is 11.8. The number of hydrogen-bond donors (Lipinski definition) is 1. The molecular formula is C23H23ClN2O3S. The van der Waals surface area contributed by atoms with Crippen LogP contribution in [0.2, 0.25) is 5.02 Å². The zero-order valence-electron chi connectivity index (χ0n) is 16.5. The van der Waals surface area contributed by atoms with E-state index >= 15 is 0 Å². The lowest BCUT2D eigenvalue weighted by Crippen LogP contribution is -2.36. The van der Waals surface area contributed by atoms with Gasteiger partial charge in [-0.05, 0) is 47.4 Å². The van der Waals surface area contributed by atoms with Gasteiger partial charge < -0.3 is 5.32 Å². The summed E-state index contributed by atoms with van der Waals surface area (Å²) in [5.74, 6) is -0.338. The average molecular weight is 443 g/mol. The third kappa shape index (κ3) is 4.21. The van der Waals surface area contributed by atoms with Gasteiger partial charge in [0.2, 0.25) is 10.0 Å². The number of nitrogens with zero attached hydrogens (tertiary/aromatic N) is 1. The monoisotopic (exact) mass is 442 g/mol. The SMILES string of the molecule is O=C(NCc1cccc2ccccc12)c1ccc(Cl)c(S(=O)(=O)N2CCCCC2)c1. The number of nitrogens with one attached hydrogen (secondary N) is 1. The maximum absolute atomic E-state index is 13.0. The van der Waals surface area contributed by atoms with Gasteiger partial charge in [0.05, 0.1) is 5.02 Å². The third-order valence-corrected chi connectivity index (χ3v) is 7.83. The van der Waals surface area contributed by atoms with Crippen LogP contribution in [0.5, 0.6) is 0 Å². The van der Waals surface area contributed by atoms with E-state index in [-0.39, 0.29) is 21.4 Å². The van der Waals surface area contributed by atoms with Gasteiger partial charge in [-0.3, -0.25) is 4.79 Å². The number of sulfonamides is 1. The Morgan fingerprint density at radius 1 is 0.967 bits per heavy atom. The van der Waals surface area contributed by atoms with Crippen LogP contribution in [0, 0.1) is 0 Å². The van der Waals surface area contributed by atoms with Gasteiger partial charge in [-0.2, -0.15) is 4.31 Å². The molecule has 1 N–H and O–H groups in total. The minimum absolute atomic E-state index is 0.0103. The lowest BCUT2D eigenvalue weighted by Gasteiger charge is -2.26. The molecule has 0 saturated carbocycles. The summed E-state index contributed by atoms with van der Waals surface area (Å²) in [7, 11) is -3.72. The maximum atomic E-state index is 13.0. The highest BCUT2D eigenvalue weighted by molar-refractivity contribution is 7.89. The Morgan fingerprint density at radius 2 is 1.70 bits per heavy atom. The number of rotatable bonds is 5. The Morgan fingerprint density at radius 3 is 2.50 bits per heavy atom. The van der Waals surface area contributed by atoms with Crippen molar-refractivity contribution in [3.8, 4) is 0 Å². The smallest absolute Gasteiger partial charge is 0.251 e. The first-order chi connectivity index (χ1) is 14.5. The molecule has 1 fully saturated rings. The molecule has 1 aliphatic rings. The van der Waals surface area contributed by atoms with Gasteiger partial charge in [0.25, 0.3) is 5.91 Å². The average Bonchev–Trinajstić information content (AvgIpc) is 2.78. The number of amides is 1. The highest BCUT2D eigenvalue weighted by atomic mass is 35.5. The molecular weight excluding hydrogens is 420 g/mol. The molecule has 7 heteroatoms. The van der Waals surface area contributed by atoms with Crippen molar-refractivity contribution in [1.29, 1.82) is 0 Å². The predicted molar refractivity (Wildman–Crippen MR) is 119 cm³/mol. The zero-order chi connectivity index (χ0) is 21.1. The second-order valence-electron chi connectivity index (χ2n) is 7.43.